The highest BCUT2D eigenvalue weighted by molar-refractivity contribution is 9.10. The fourth-order valence-electron chi connectivity index (χ4n) is 7.55. The molecule has 0 saturated heterocycles. The molecule has 3 aliphatic rings. The van der Waals surface area contributed by atoms with Gasteiger partial charge in [0, 0.05) is 63.6 Å². The van der Waals surface area contributed by atoms with Crippen LogP contribution in [0.2, 0.25) is 0 Å². The summed E-state index contributed by atoms with van der Waals surface area (Å²) in [5.74, 6) is -0.235. The monoisotopic (exact) mass is 708 g/mol. The Hall–Kier alpha value is -3.97. The Kier molecular flexibility index (Phi) is 9.29. The molecule has 0 aromatic heterocycles. The number of aryl methyl sites for hydroxylation is 2. The third-order valence-electron chi connectivity index (χ3n) is 9.92. The van der Waals surface area contributed by atoms with Crippen LogP contribution in [-0.4, -0.2) is 35.5 Å². The fraction of sp³-hybridized carbons (Fsp3) is 0.390. The lowest BCUT2D eigenvalue weighted by molar-refractivity contribution is -0.120. The van der Waals surface area contributed by atoms with Crippen LogP contribution in [0.15, 0.2) is 93.7 Å². The molecule has 1 aliphatic heterocycles. The zero-order valence-corrected chi connectivity index (χ0v) is 30.4. The average Bonchev–Trinajstić information content (AvgIpc) is 3.00. The standard InChI is InChI=1S/C41H45BrN2O4/c1-25-12-14-29(18-26(25)2)43-36(47)24-48-35-15-13-28(42)19-30(35)37-38-31(20-40(3,4)22-33(38)45)44(17-16-27-10-8-7-9-11-27)32-21-41(5,6)23-34(46)39(32)37/h7-15,18-19,37H,16-17,20-24H2,1-6H3,(H,43,47). The predicted molar refractivity (Wildman–Crippen MR) is 194 cm³/mol. The number of Topliss-reactive ketones (excluding diaryl/α,β-unsaturated/α-hetero) is 2. The quantitative estimate of drug-likeness (QED) is 0.253. The van der Waals surface area contributed by atoms with Crippen molar-refractivity contribution in [3.63, 3.8) is 0 Å². The van der Waals surface area contributed by atoms with Crippen molar-refractivity contribution < 1.29 is 19.1 Å². The van der Waals surface area contributed by atoms with Gasteiger partial charge in [-0.05, 0) is 91.0 Å². The normalized spacial score (nSPS) is 18.9. The summed E-state index contributed by atoms with van der Waals surface area (Å²) in [6, 6.07) is 21.8. The number of carbonyl (C=O) groups excluding carboxylic acids is 3. The number of amides is 1. The maximum Gasteiger partial charge on any atom is 0.262 e. The number of anilines is 1. The molecule has 250 valence electrons. The predicted octanol–water partition coefficient (Wildman–Crippen LogP) is 9.01. The van der Waals surface area contributed by atoms with Crippen LogP contribution in [0, 0.1) is 24.7 Å². The van der Waals surface area contributed by atoms with Gasteiger partial charge in [-0.3, -0.25) is 14.4 Å². The summed E-state index contributed by atoms with van der Waals surface area (Å²) in [6.07, 6.45) is 3.06. The van der Waals surface area contributed by atoms with Gasteiger partial charge in [0.25, 0.3) is 5.91 Å². The topological polar surface area (TPSA) is 75.7 Å². The number of carbonyl (C=O) groups is 3. The van der Waals surface area contributed by atoms with Crippen LogP contribution in [0.1, 0.15) is 81.5 Å². The van der Waals surface area contributed by atoms with Gasteiger partial charge in [0.2, 0.25) is 0 Å². The van der Waals surface area contributed by atoms with Crippen LogP contribution < -0.4 is 10.1 Å². The molecule has 1 heterocycles. The first-order valence-corrected chi connectivity index (χ1v) is 17.6. The molecule has 2 aliphatic carbocycles. The van der Waals surface area contributed by atoms with Crippen molar-refractivity contribution in [3.05, 3.63) is 116 Å². The minimum Gasteiger partial charge on any atom is -0.483 e. The number of halogens is 1. The van der Waals surface area contributed by atoms with E-state index < -0.39 is 5.92 Å². The molecule has 6 rings (SSSR count). The molecule has 0 unspecified atom stereocenters. The Morgan fingerprint density at radius 3 is 2.06 bits per heavy atom. The molecule has 0 atom stereocenters. The molecule has 1 N–H and O–H groups in total. The molecule has 6 nitrogen and oxygen atoms in total. The molecule has 3 aromatic rings. The van der Waals surface area contributed by atoms with Crippen molar-refractivity contribution >= 4 is 39.1 Å². The zero-order valence-electron chi connectivity index (χ0n) is 28.8. The largest absolute Gasteiger partial charge is 0.483 e. The van der Waals surface area contributed by atoms with E-state index in [-0.39, 0.29) is 34.9 Å². The Bertz CT molecular complexity index is 1800. The average molecular weight is 710 g/mol. The Morgan fingerprint density at radius 2 is 1.46 bits per heavy atom. The summed E-state index contributed by atoms with van der Waals surface area (Å²) in [7, 11) is 0. The number of nitrogens with one attached hydrogen (secondary N) is 1. The number of ether oxygens (including phenoxy) is 1. The number of benzene rings is 3. The highest BCUT2D eigenvalue weighted by atomic mass is 79.9. The second-order valence-electron chi connectivity index (χ2n) is 15.2. The Morgan fingerprint density at radius 1 is 0.833 bits per heavy atom. The summed E-state index contributed by atoms with van der Waals surface area (Å²) in [5, 5.41) is 2.94. The molecule has 48 heavy (non-hydrogen) atoms. The fourth-order valence-corrected chi connectivity index (χ4v) is 7.93. The van der Waals surface area contributed by atoms with Gasteiger partial charge in [-0.15, -0.1) is 0 Å². The minimum absolute atomic E-state index is 0.0681. The SMILES string of the molecule is Cc1ccc(NC(=O)COc2ccc(Br)cc2C2C3=C(CC(C)(C)CC3=O)N(CCc3ccccc3)C3=C2C(=O)CC(C)(C)C3)cc1C. The van der Waals surface area contributed by atoms with E-state index in [0.717, 1.165) is 51.8 Å². The van der Waals surface area contributed by atoms with Crippen LogP contribution in [0.4, 0.5) is 5.69 Å². The van der Waals surface area contributed by atoms with Crippen molar-refractivity contribution in [2.45, 2.75) is 79.6 Å². The first kappa shape index (κ1) is 33.9. The molecule has 1 amide bonds. The minimum atomic E-state index is -0.578. The van der Waals surface area contributed by atoms with E-state index in [1.165, 1.54) is 5.56 Å². The highest BCUT2D eigenvalue weighted by Crippen LogP contribution is 2.55. The van der Waals surface area contributed by atoms with E-state index in [4.69, 9.17) is 4.74 Å². The van der Waals surface area contributed by atoms with Gasteiger partial charge in [0.15, 0.2) is 18.2 Å². The van der Waals surface area contributed by atoms with Crippen LogP contribution >= 0.6 is 15.9 Å². The van der Waals surface area contributed by atoms with Gasteiger partial charge >= 0.3 is 0 Å². The molecular weight excluding hydrogens is 664 g/mol. The molecular formula is C41H45BrN2O4. The summed E-state index contributed by atoms with van der Waals surface area (Å²) in [6.45, 7) is 13.1. The zero-order chi connectivity index (χ0) is 34.4. The summed E-state index contributed by atoms with van der Waals surface area (Å²) in [5.41, 5.74) is 7.86. The van der Waals surface area contributed by atoms with Gasteiger partial charge in [-0.2, -0.15) is 0 Å². The van der Waals surface area contributed by atoms with Gasteiger partial charge < -0.3 is 15.0 Å². The van der Waals surface area contributed by atoms with Crippen LogP contribution in [0.25, 0.3) is 0 Å². The van der Waals surface area contributed by atoms with Gasteiger partial charge in [0.1, 0.15) is 5.75 Å². The number of allylic oxidation sites excluding steroid dienone is 4. The summed E-state index contributed by atoms with van der Waals surface area (Å²) < 4.78 is 7.08. The first-order chi connectivity index (χ1) is 22.7. The maximum absolute atomic E-state index is 14.3. The van der Waals surface area contributed by atoms with E-state index in [0.29, 0.717) is 42.0 Å². The molecule has 3 aromatic carbocycles. The molecule has 0 fully saturated rings. The number of hydrogen-bond donors (Lipinski definition) is 1. The van der Waals surface area contributed by atoms with Gasteiger partial charge in [-0.1, -0.05) is 80.0 Å². The lowest BCUT2D eigenvalue weighted by Gasteiger charge is -2.49. The Labute approximate surface area is 292 Å². The third kappa shape index (κ3) is 7.07. The molecule has 0 spiro atoms. The van der Waals surface area contributed by atoms with E-state index >= 15 is 0 Å². The second kappa shape index (κ2) is 13.1. The van der Waals surface area contributed by atoms with Crippen molar-refractivity contribution in [1.82, 2.24) is 4.90 Å². The van der Waals surface area contributed by atoms with E-state index in [9.17, 15) is 14.4 Å². The second-order valence-corrected chi connectivity index (χ2v) is 16.2. The van der Waals surface area contributed by atoms with E-state index in [1.54, 1.807) is 0 Å². The molecule has 7 heteroatoms. The third-order valence-corrected chi connectivity index (χ3v) is 10.4. The molecule has 0 radical (unpaired) electrons. The summed E-state index contributed by atoms with van der Waals surface area (Å²) in [4.78, 5) is 44.1. The van der Waals surface area contributed by atoms with Gasteiger partial charge in [0.05, 0.1) is 0 Å². The molecule has 0 bridgehead atoms. The maximum atomic E-state index is 14.3. The van der Waals surface area contributed by atoms with E-state index in [1.807, 2.05) is 68.4 Å². The highest BCUT2D eigenvalue weighted by Gasteiger charge is 2.49. The number of ketones is 2. The van der Waals surface area contributed by atoms with Gasteiger partial charge in [-0.25, -0.2) is 0 Å². The van der Waals surface area contributed by atoms with Crippen molar-refractivity contribution in [1.29, 1.82) is 0 Å². The number of rotatable bonds is 8. The van der Waals surface area contributed by atoms with Crippen LogP contribution in [0.3, 0.4) is 0 Å². The van der Waals surface area contributed by atoms with Crippen LogP contribution in [0.5, 0.6) is 5.75 Å². The number of nitrogens with zero attached hydrogens (tertiary/aromatic N) is 1. The Balaban J connectivity index is 1.43. The number of hydrogen-bond acceptors (Lipinski definition) is 5. The van der Waals surface area contributed by atoms with Crippen molar-refractivity contribution in [2.24, 2.45) is 10.8 Å². The summed E-state index contributed by atoms with van der Waals surface area (Å²) >= 11 is 3.66. The smallest absolute Gasteiger partial charge is 0.262 e. The van der Waals surface area contributed by atoms with Crippen LogP contribution in [-0.2, 0) is 20.8 Å². The lowest BCUT2D eigenvalue weighted by Crippen LogP contribution is -2.45. The molecule has 0 saturated carbocycles. The first-order valence-electron chi connectivity index (χ1n) is 16.8. The van der Waals surface area contributed by atoms with Crippen molar-refractivity contribution in [3.8, 4) is 5.75 Å². The van der Waals surface area contributed by atoms with E-state index in [2.05, 4.69) is 66.0 Å². The lowest BCUT2D eigenvalue weighted by atomic mass is 9.63. The van der Waals surface area contributed by atoms with Crippen molar-refractivity contribution in [2.75, 3.05) is 18.5 Å².